The fraction of sp³-hybridized carbons (Fsp3) is 0.583. The van der Waals surface area contributed by atoms with E-state index in [4.69, 9.17) is 10.9 Å². The van der Waals surface area contributed by atoms with Gasteiger partial charge >= 0.3 is 0 Å². The number of nitrogens with two attached hydrogens (primary N) is 1. The molecule has 0 aromatic carbocycles. The van der Waals surface area contributed by atoms with Gasteiger partial charge in [-0.1, -0.05) is 12.1 Å². The summed E-state index contributed by atoms with van der Waals surface area (Å²) in [5, 5.41) is 20.0. The van der Waals surface area contributed by atoms with Crippen LogP contribution in [0, 0.1) is 0 Å². The molecule has 18 heavy (non-hydrogen) atoms. The van der Waals surface area contributed by atoms with Gasteiger partial charge in [-0.2, -0.15) is 5.10 Å². The smallest absolute Gasteiger partial charge is 0.173 e. The minimum absolute atomic E-state index is 0.0836. The first-order chi connectivity index (χ1) is 8.77. The molecule has 98 valence electrons. The van der Waals surface area contributed by atoms with Crippen molar-refractivity contribution in [2.45, 2.75) is 38.6 Å². The molecule has 6 nitrogen and oxygen atoms in total. The van der Waals surface area contributed by atoms with Gasteiger partial charge in [-0.05, 0) is 31.7 Å². The zero-order chi connectivity index (χ0) is 13.0. The van der Waals surface area contributed by atoms with Gasteiger partial charge in [0.2, 0.25) is 0 Å². The van der Waals surface area contributed by atoms with E-state index in [0.29, 0.717) is 11.6 Å². The van der Waals surface area contributed by atoms with Crippen LogP contribution in [0.1, 0.15) is 38.2 Å². The summed E-state index contributed by atoms with van der Waals surface area (Å²) in [5.74, 6) is 0.805. The van der Waals surface area contributed by atoms with Gasteiger partial charge in [0.1, 0.15) is 0 Å². The molecule has 1 saturated heterocycles. The molecule has 1 fully saturated rings. The van der Waals surface area contributed by atoms with Crippen LogP contribution in [0.4, 0.5) is 5.82 Å². The van der Waals surface area contributed by atoms with Gasteiger partial charge in [0, 0.05) is 12.6 Å². The minimum Gasteiger partial charge on any atom is -0.409 e. The van der Waals surface area contributed by atoms with Crippen molar-refractivity contribution >= 4 is 11.7 Å². The van der Waals surface area contributed by atoms with Crippen molar-refractivity contribution < 1.29 is 5.21 Å². The second kappa shape index (κ2) is 5.66. The third-order valence-corrected chi connectivity index (χ3v) is 3.46. The second-order valence-electron chi connectivity index (χ2n) is 4.50. The Morgan fingerprint density at radius 2 is 2.44 bits per heavy atom. The van der Waals surface area contributed by atoms with Crippen molar-refractivity contribution in [2.24, 2.45) is 10.9 Å². The number of piperidine rings is 1. The fourth-order valence-corrected chi connectivity index (χ4v) is 2.49. The summed E-state index contributed by atoms with van der Waals surface area (Å²) in [6.07, 6.45) is 6.16. The van der Waals surface area contributed by atoms with Gasteiger partial charge in [-0.15, -0.1) is 5.10 Å². The number of oxime groups is 1. The second-order valence-corrected chi connectivity index (χ2v) is 4.50. The molecule has 2 rings (SSSR count). The molecule has 3 N–H and O–H groups in total. The molecule has 0 saturated carbocycles. The van der Waals surface area contributed by atoms with E-state index in [-0.39, 0.29) is 5.84 Å². The zero-order valence-corrected chi connectivity index (χ0v) is 10.6. The molecular weight excluding hydrogens is 230 g/mol. The number of nitrogens with zero attached hydrogens (tertiary/aromatic N) is 4. The van der Waals surface area contributed by atoms with Gasteiger partial charge in [-0.3, -0.25) is 0 Å². The van der Waals surface area contributed by atoms with Gasteiger partial charge in [-0.25, -0.2) is 0 Å². The number of aromatic nitrogens is 2. The normalized spacial score (nSPS) is 21.1. The Hall–Kier alpha value is -1.85. The lowest BCUT2D eigenvalue weighted by molar-refractivity contribution is 0.318. The molecular formula is C12H19N5O. The largest absolute Gasteiger partial charge is 0.409 e. The Kier molecular flexibility index (Phi) is 3.96. The van der Waals surface area contributed by atoms with E-state index in [2.05, 4.69) is 27.2 Å². The van der Waals surface area contributed by atoms with E-state index in [1.165, 1.54) is 6.42 Å². The zero-order valence-electron chi connectivity index (χ0n) is 10.6. The highest BCUT2D eigenvalue weighted by Gasteiger charge is 2.25. The molecule has 6 heteroatoms. The van der Waals surface area contributed by atoms with E-state index >= 15 is 0 Å². The molecule has 1 atom stereocenters. The summed E-state index contributed by atoms with van der Waals surface area (Å²) in [7, 11) is 0. The van der Waals surface area contributed by atoms with Gasteiger partial charge in [0.05, 0.1) is 11.8 Å². The highest BCUT2D eigenvalue weighted by molar-refractivity contribution is 6.01. The number of hydrogen-bond acceptors (Lipinski definition) is 5. The predicted octanol–water partition coefficient (Wildman–Crippen LogP) is 1.34. The summed E-state index contributed by atoms with van der Waals surface area (Å²) in [6.45, 7) is 3.12. The van der Waals surface area contributed by atoms with Crippen LogP contribution in [0.3, 0.4) is 0 Å². The monoisotopic (exact) mass is 249 g/mol. The highest BCUT2D eigenvalue weighted by atomic mass is 16.4. The van der Waals surface area contributed by atoms with E-state index in [1.807, 2.05) is 0 Å². The summed E-state index contributed by atoms with van der Waals surface area (Å²) in [4.78, 5) is 2.23. The molecule has 1 aromatic heterocycles. The van der Waals surface area contributed by atoms with E-state index < -0.39 is 0 Å². The van der Waals surface area contributed by atoms with E-state index in [9.17, 15) is 0 Å². The maximum absolute atomic E-state index is 8.83. The van der Waals surface area contributed by atoms with Crippen LogP contribution in [-0.2, 0) is 0 Å². The van der Waals surface area contributed by atoms with Crippen LogP contribution in [0.25, 0.3) is 0 Å². The lowest BCUT2D eigenvalue weighted by Crippen LogP contribution is -2.41. The van der Waals surface area contributed by atoms with Crippen molar-refractivity contribution in [3.63, 3.8) is 0 Å². The number of amidine groups is 1. The van der Waals surface area contributed by atoms with Gasteiger partial charge < -0.3 is 15.8 Å². The molecule has 1 aromatic rings. The standard InChI is InChI=1S/C12H19N5O/c1-2-9-5-3-4-8-17(9)12-10(11(13)16-18)6-7-14-15-12/h6-7,9,18H,2-5,8H2,1H3,(H2,13,16). The molecule has 0 spiro atoms. The molecule has 0 radical (unpaired) electrons. The van der Waals surface area contributed by atoms with Crippen molar-refractivity contribution in [1.29, 1.82) is 0 Å². The van der Waals surface area contributed by atoms with Gasteiger partial charge in [0.15, 0.2) is 11.7 Å². The molecule has 0 amide bonds. The van der Waals surface area contributed by atoms with Crippen LogP contribution in [-0.4, -0.2) is 33.8 Å². The third-order valence-electron chi connectivity index (χ3n) is 3.46. The van der Waals surface area contributed by atoms with Crippen LogP contribution < -0.4 is 10.6 Å². The summed E-state index contributed by atoms with van der Waals surface area (Å²) >= 11 is 0. The molecule has 2 heterocycles. The Labute approximate surface area is 106 Å². The van der Waals surface area contributed by atoms with Crippen LogP contribution in [0.5, 0.6) is 0 Å². The molecule has 0 aliphatic carbocycles. The molecule has 0 bridgehead atoms. The lowest BCUT2D eigenvalue weighted by Gasteiger charge is -2.36. The number of rotatable bonds is 3. The number of hydrogen-bond donors (Lipinski definition) is 2. The Morgan fingerprint density at radius 1 is 1.61 bits per heavy atom. The molecule has 1 aliphatic heterocycles. The first-order valence-corrected chi connectivity index (χ1v) is 6.34. The van der Waals surface area contributed by atoms with Crippen molar-refractivity contribution in [1.82, 2.24) is 10.2 Å². The third kappa shape index (κ3) is 2.37. The SMILES string of the molecule is CCC1CCCCN1c1nnccc1/C(N)=N/O. The topological polar surface area (TPSA) is 87.6 Å². The Balaban J connectivity index is 2.37. The van der Waals surface area contributed by atoms with Gasteiger partial charge in [0.25, 0.3) is 0 Å². The Morgan fingerprint density at radius 3 is 3.17 bits per heavy atom. The summed E-state index contributed by atoms with van der Waals surface area (Å²) < 4.78 is 0. The van der Waals surface area contributed by atoms with Crippen molar-refractivity contribution in [3.05, 3.63) is 17.8 Å². The minimum atomic E-state index is 0.0836. The Bertz CT molecular complexity index is 434. The average Bonchev–Trinajstić information content (AvgIpc) is 2.46. The van der Waals surface area contributed by atoms with Crippen LogP contribution in [0.15, 0.2) is 17.4 Å². The van der Waals surface area contributed by atoms with Crippen molar-refractivity contribution in [2.75, 3.05) is 11.4 Å². The molecule has 1 unspecified atom stereocenters. The summed E-state index contributed by atoms with van der Waals surface area (Å²) in [6, 6.07) is 2.19. The maximum Gasteiger partial charge on any atom is 0.173 e. The quantitative estimate of drug-likeness (QED) is 0.365. The van der Waals surface area contributed by atoms with E-state index in [1.54, 1.807) is 12.3 Å². The average molecular weight is 249 g/mol. The summed E-state index contributed by atoms with van der Waals surface area (Å²) in [5.41, 5.74) is 6.34. The lowest BCUT2D eigenvalue weighted by atomic mass is 9.99. The van der Waals surface area contributed by atoms with Crippen LogP contribution in [0.2, 0.25) is 0 Å². The highest BCUT2D eigenvalue weighted by Crippen LogP contribution is 2.26. The maximum atomic E-state index is 8.83. The first-order valence-electron chi connectivity index (χ1n) is 6.34. The first kappa shape index (κ1) is 12.6. The predicted molar refractivity (Wildman–Crippen MR) is 69.8 cm³/mol. The number of anilines is 1. The van der Waals surface area contributed by atoms with E-state index in [0.717, 1.165) is 31.6 Å². The fourth-order valence-electron chi connectivity index (χ4n) is 2.49. The molecule has 1 aliphatic rings. The van der Waals surface area contributed by atoms with Crippen molar-refractivity contribution in [3.8, 4) is 0 Å². The van der Waals surface area contributed by atoms with Crippen LogP contribution >= 0.6 is 0 Å².